The van der Waals surface area contributed by atoms with Crippen molar-refractivity contribution in [3.8, 4) is 5.75 Å². The zero-order valence-electron chi connectivity index (χ0n) is 13.2. The molecular formula is C19H21FO3. The minimum atomic E-state index is -0.921. The van der Waals surface area contributed by atoms with Crippen molar-refractivity contribution in [2.45, 2.75) is 32.1 Å². The van der Waals surface area contributed by atoms with Crippen LogP contribution in [0.25, 0.3) is 0 Å². The number of aliphatic carboxylic acids is 1. The van der Waals surface area contributed by atoms with Crippen molar-refractivity contribution in [1.82, 2.24) is 0 Å². The molecule has 0 amide bonds. The quantitative estimate of drug-likeness (QED) is 0.727. The van der Waals surface area contributed by atoms with Gasteiger partial charge >= 0.3 is 5.97 Å². The van der Waals surface area contributed by atoms with Gasteiger partial charge in [-0.25, -0.2) is 4.39 Å². The molecule has 0 bridgehead atoms. The second-order valence-electron chi connectivity index (χ2n) is 5.61. The number of ether oxygens (including phenoxy) is 1. The van der Waals surface area contributed by atoms with Crippen LogP contribution in [0.3, 0.4) is 0 Å². The summed E-state index contributed by atoms with van der Waals surface area (Å²) >= 11 is 0. The first-order valence-electron chi connectivity index (χ1n) is 7.74. The fourth-order valence-corrected chi connectivity index (χ4v) is 2.50. The molecule has 3 nitrogen and oxygen atoms in total. The third-order valence-corrected chi connectivity index (χ3v) is 3.69. The number of hydrogen-bond donors (Lipinski definition) is 1. The molecule has 2 rings (SSSR count). The first-order valence-corrected chi connectivity index (χ1v) is 7.74. The summed E-state index contributed by atoms with van der Waals surface area (Å²) in [6, 6.07) is 13.6. The minimum absolute atomic E-state index is 0.406. The molecule has 0 heterocycles. The minimum Gasteiger partial charge on any atom is -0.494 e. The van der Waals surface area contributed by atoms with Crippen LogP contribution in [-0.2, 0) is 4.79 Å². The van der Waals surface area contributed by atoms with E-state index in [0.717, 1.165) is 17.7 Å². The molecule has 0 aliphatic heterocycles. The Balaban J connectivity index is 1.80. The summed E-state index contributed by atoms with van der Waals surface area (Å²) in [6.07, 6.45) is 1.93. The fraction of sp³-hybridized carbons (Fsp3) is 0.316. The van der Waals surface area contributed by atoms with Crippen LogP contribution in [0.5, 0.6) is 5.75 Å². The maximum absolute atomic E-state index is 13.2. The second-order valence-corrected chi connectivity index (χ2v) is 5.61. The van der Waals surface area contributed by atoms with Crippen molar-refractivity contribution in [1.29, 1.82) is 0 Å². The van der Waals surface area contributed by atoms with E-state index in [9.17, 15) is 14.3 Å². The van der Waals surface area contributed by atoms with Crippen LogP contribution >= 0.6 is 0 Å². The van der Waals surface area contributed by atoms with Crippen molar-refractivity contribution >= 4 is 5.97 Å². The maximum atomic E-state index is 13.2. The first-order chi connectivity index (χ1) is 11.1. The standard InChI is InChI=1S/C19H21FO3/c1-14-6-4-9-17(12-14)23-11-3-2-10-18(19(21)22)15-7-5-8-16(20)13-15/h4-9,12-13,18H,2-3,10-11H2,1H3,(H,21,22). The van der Waals surface area contributed by atoms with Gasteiger partial charge in [0.2, 0.25) is 0 Å². The molecule has 0 fully saturated rings. The molecular weight excluding hydrogens is 295 g/mol. The van der Waals surface area contributed by atoms with Crippen molar-refractivity contribution < 1.29 is 19.0 Å². The molecule has 1 atom stereocenters. The zero-order valence-corrected chi connectivity index (χ0v) is 13.2. The molecule has 0 saturated carbocycles. The van der Waals surface area contributed by atoms with Crippen LogP contribution < -0.4 is 4.74 Å². The number of carboxylic acids is 1. The lowest BCUT2D eigenvalue weighted by molar-refractivity contribution is -0.139. The van der Waals surface area contributed by atoms with Crippen LogP contribution in [0, 0.1) is 12.7 Å². The van der Waals surface area contributed by atoms with Crippen molar-refractivity contribution in [2.24, 2.45) is 0 Å². The van der Waals surface area contributed by atoms with Gasteiger partial charge in [-0.2, -0.15) is 0 Å². The van der Waals surface area contributed by atoms with E-state index in [1.807, 2.05) is 31.2 Å². The molecule has 0 saturated heterocycles. The molecule has 0 spiro atoms. The van der Waals surface area contributed by atoms with Gasteiger partial charge in [0.1, 0.15) is 11.6 Å². The van der Waals surface area contributed by atoms with Gasteiger partial charge in [-0.05, 0) is 61.6 Å². The predicted molar refractivity (Wildman–Crippen MR) is 87.3 cm³/mol. The molecule has 0 aromatic heterocycles. The maximum Gasteiger partial charge on any atom is 0.310 e. The monoisotopic (exact) mass is 316 g/mol. The number of benzene rings is 2. The Labute approximate surface area is 135 Å². The number of carbonyl (C=O) groups is 1. The number of rotatable bonds is 8. The summed E-state index contributed by atoms with van der Waals surface area (Å²) in [5, 5.41) is 9.33. The van der Waals surface area contributed by atoms with Crippen molar-refractivity contribution in [2.75, 3.05) is 6.61 Å². The number of unbranched alkanes of at least 4 members (excludes halogenated alkanes) is 1. The molecule has 2 aromatic rings. The van der Waals surface area contributed by atoms with Crippen LogP contribution in [0.4, 0.5) is 4.39 Å². The Bertz CT molecular complexity index is 655. The van der Waals surface area contributed by atoms with E-state index in [1.165, 1.54) is 12.1 Å². The summed E-state index contributed by atoms with van der Waals surface area (Å²) in [7, 11) is 0. The Morgan fingerprint density at radius 2 is 1.96 bits per heavy atom. The average Bonchev–Trinajstić information content (AvgIpc) is 2.50. The number of hydrogen-bond acceptors (Lipinski definition) is 2. The van der Waals surface area contributed by atoms with Crippen molar-refractivity contribution in [3.05, 3.63) is 65.5 Å². The molecule has 4 heteroatoms. The summed E-state index contributed by atoms with van der Waals surface area (Å²) in [5.74, 6) is -1.18. The first kappa shape index (κ1) is 17.0. The van der Waals surface area contributed by atoms with Crippen molar-refractivity contribution in [3.63, 3.8) is 0 Å². The van der Waals surface area contributed by atoms with Crippen LogP contribution in [-0.4, -0.2) is 17.7 Å². The normalized spacial score (nSPS) is 11.9. The summed E-state index contributed by atoms with van der Waals surface area (Å²) in [4.78, 5) is 11.4. The highest BCUT2D eigenvalue weighted by Gasteiger charge is 2.19. The summed E-state index contributed by atoms with van der Waals surface area (Å²) in [5.41, 5.74) is 1.65. The van der Waals surface area contributed by atoms with Gasteiger partial charge in [-0.3, -0.25) is 4.79 Å². The van der Waals surface area contributed by atoms with Gasteiger partial charge in [0.05, 0.1) is 12.5 Å². The topological polar surface area (TPSA) is 46.5 Å². The number of halogens is 1. The summed E-state index contributed by atoms with van der Waals surface area (Å²) in [6.45, 7) is 2.54. The lowest BCUT2D eigenvalue weighted by Crippen LogP contribution is -2.12. The Kier molecular flexibility index (Phi) is 6.15. The highest BCUT2D eigenvalue weighted by Crippen LogP contribution is 2.23. The van der Waals surface area contributed by atoms with Gasteiger partial charge in [0, 0.05) is 0 Å². The molecule has 1 N–H and O–H groups in total. The van der Waals surface area contributed by atoms with Gasteiger partial charge in [-0.15, -0.1) is 0 Å². The van der Waals surface area contributed by atoms with E-state index < -0.39 is 17.7 Å². The number of carboxylic acid groups (broad SMARTS) is 1. The molecule has 2 aromatic carbocycles. The molecule has 0 aliphatic rings. The smallest absolute Gasteiger partial charge is 0.310 e. The molecule has 122 valence electrons. The van der Waals surface area contributed by atoms with Crippen LogP contribution in [0.15, 0.2) is 48.5 Å². The van der Waals surface area contributed by atoms with E-state index in [1.54, 1.807) is 12.1 Å². The van der Waals surface area contributed by atoms with Gasteiger partial charge in [0.15, 0.2) is 0 Å². The Morgan fingerprint density at radius 3 is 2.65 bits per heavy atom. The third-order valence-electron chi connectivity index (χ3n) is 3.69. The predicted octanol–water partition coefficient (Wildman–Crippen LogP) is 4.55. The highest BCUT2D eigenvalue weighted by molar-refractivity contribution is 5.76. The average molecular weight is 316 g/mol. The lowest BCUT2D eigenvalue weighted by Gasteiger charge is -2.13. The SMILES string of the molecule is Cc1cccc(OCCCCC(C(=O)O)c2cccc(F)c2)c1. The van der Waals surface area contributed by atoms with Gasteiger partial charge in [-0.1, -0.05) is 24.3 Å². The summed E-state index contributed by atoms with van der Waals surface area (Å²) < 4.78 is 18.9. The molecule has 0 radical (unpaired) electrons. The Hall–Kier alpha value is -2.36. The Morgan fingerprint density at radius 1 is 1.17 bits per heavy atom. The van der Waals surface area contributed by atoms with E-state index in [0.29, 0.717) is 25.0 Å². The molecule has 1 unspecified atom stereocenters. The van der Waals surface area contributed by atoms with E-state index in [4.69, 9.17) is 4.74 Å². The lowest BCUT2D eigenvalue weighted by atomic mass is 9.93. The highest BCUT2D eigenvalue weighted by atomic mass is 19.1. The largest absolute Gasteiger partial charge is 0.494 e. The van der Waals surface area contributed by atoms with Crippen LogP contribution in [0.2, 0.25) is 0 Å². The third kappa shape index (κ3) is 5.40. The van der Waals surface area contributed by atoms with E-state index >= 15 is 0 Å². The van der Waals surface area contributed by atoms with Gasteiger partial charge in [0.25, 0.3) is 0 Å². The van der Waals surface area contributed by atoms with E-state index in [-0.39, 0.29) is 0 Å². The fourth-order valence-electron chi connectivity index (χ4n) is 2.50. The zero-order chi connectivity index (χ0) is 16.7. The second kappa shape index (κ2) is 8.32. The van der Waals surface area contributed by atoms with Gasteiger partial charge < -0.3 is 9.84 Å². The van der Waals surface area contributed by atoms with Crippen LogP contribution in [0.1, 0.15) is 36.3 Å². The molecule has 0 aliphatic carbocycles. The molecule has 23 heavy (non-hydrogen) atoms. The number of aryl methyl sites for hydroxylation is 1. The van der Waals surface area contributed by atoms with E-state index in [2.05, 4.69) is 0 Å².